The van der Waals surface area contributed by atoms with E-state index in [9.17, 15) is 19.2 Å². The Bertz CT molecular complexity index is 1510. The van der Waals surface area contributed by atoms with Crippen LogP contribution in [0.1, 0.15) is 21.5 Å². The highest BCUT2D eigenvalue weighted by Crippen LogP contribution is 2.38. The number of halogens is 1. The average molecular weight is 595 g/mol. The molecule has 0 saturated carbocycles. The van der Waals surface area contributed by atoms with Gasteiger partial charge in [-0.2, -0.15) is 0 Å². The first-order chi connectivity index (χ1) is 18.7. The third-order valence-corrected chi connectivity index (χ3v) is 6.33. The van der Waals surface area contributed by atoms with E-state index in [2.05, 4.69) is 21.2 Å². The third kappa shape index (κ3) is 5.48. The Morgan fingerprint density at radius 1 is 0.897 bits per heavy atom. The number of carbonyl (C=O) groups is 4. The molecule has 0 bridgehead atoms. The monoisotopic (exact) mass is 594 g/mol. The van der Waals surface area contributed by atoms with E-state index in [1.54, 1.807) is 43.3 Å². The van der Waals surface area contributed by atoms with Crippen LogP contribution in [0.5, 0.6) is 23.0 Å². The summed E-state index contributed by atoms with van der Waals surface area (Å²) in [4.78, 5) is 52.7. The maximum atomic E-state index is 13.4. The van der Waals surface area contributed by atoms with Gasteiger partial charge in [0.05, 0.1) is 32.6 Å². The Hall–Kier alpha value is -4.64. The van der Waals surface area contributed by atoms with Crippen LogP contribution in [0.2, 0.25) is 0 Å². The van der Waals surface area contributed by atoms with Gasteiger partial charge in [-0.25, -0.2) is 14.5 Å². The SMILES string of the molecule is COc1cc(C(=O)Oc2ccc(Br)cc2/C=C2/C(=O)NC(=O)N(c3ccccc3C)C2=O)cc(OC)c1OC. The van der Waals surface area contributed by atoms with Gasteiger partial charge in [0.2, 0.25) is 5.75 Å². The van der Waals surface area contributed by atoms with Crippen LogP contribution in [-0.4, -0.2) is 45.1 Å². The van der Waals surface area contributed by atoms with Crippen LogP contribution in [0.25, 0.3) is 6.08 Å². The molecule has 0 spiro atoms. The van der Waals surface area contributed by atoms with Gasteiger partial charge in [0.15, 0.2) is 11.5 Å². The number of benzene rings is 3. The van der Waals surface area contributed by atoms with Crippen molar-refractivity contribution in [3.63, 3.8) is 0 Å². The number of carbonyl (C=O) groups excluding carboxylic acids is 4. The molecule has 0 atom stereocenters. The highest BCUT2D eigenvalue weighted by atomic mass is 79.9. The second kappa shape index (κ2) is 11.4. The lowest BCUT2D eigenvalue weighted by atomic mass is 10.0. The van der Waals surface area contributed by atoms with E-state index in [0.29, 0.717) is 21.5 Å². The standard InChI is InChI=1S/C28H23BrN2O8/c1-15-7-5-6-8-20(15)31-26(33)19(25(32)30-28(31)35)12-16-11-18(29)9-10-21(16)39-27(34)17-13-22(36-2)24(38-4)23(14-17)37-3/h5-14H,1-4H3,(H,30,32,35)/b19-12-. The van der Waals surface area contributed by atoms with Crippen LogP contribution in [0.15, 0.2) is 64.6 Å². The molecule has 0 aliphatic carbocycles. The number of nitrogens with zero attached hydrogens (tertiary/aromatic N) is 1. The number of anilines is 1. The fourth-order valence-corrected chi connectivity index (χ4v) is 4.31. The number of urea groups is 1. The first kappa shape index (κ1) is 27.4. The maximum absolute atomic E-state index is 13.4. The van der Waals surface area contributed by atoms with Crippen molar-refractivity contribution in [2.45, 2.75) is 6.92 Å². The molecule has 1 fully saturated rings. The summed E-state index contributed by atoms with van der Waals surface area (Å²) >= 11 is 3.36. The molecule has 0 aromatic heterocycles. The van der Waals surface area contributed by atoms with Crippen LogP contribution < -0.4 is 29.2 Å². The Kier molecular flexibility index (Phi) is 8.01. The zero-order valence-corrected chi connectivity index (χ0v) is 23.0. The summed E-state index contributed by atoms with van der Waals surface area (Å²) in [6.07, 6.45) is 1.26. The van der Waals surface area contributed by atoms with E-state index in [1.165, 1.54) is 45.6 Å². The number of aryl methyl sites for hydroxylation is 1. The molecule has 200 valence electrons. The van der Waals surface area contributed by atoms with E-state index in [1.807, 2.05) is 0 Å². The highest BCUT2D eigenvalue weighted by Gasteiger charge is 2.37. The molecule has 3 aromatic carbocycles. The summed E-state index contributed by atoms with van der Waals surface area (Å²) in [5.74, 6) is -1.58. The summed E-state index contributed by atoms with van der Waals surface area (Å²) in [5.41, 5.74) is 1.02. The van der Waals surface area contributed by atoms with Crippen molar-refractivity contribution in [3.8, 4) is 23.0 Å². The normalized spacial score (nSPS) is 14.2. The molecule has 4 amide bonds. The van der Waals surface area contributed by atoms with Gasteiger partial charge in [0.1, 0.15) is 11.3 Å². The summed E-state index contributed by atoms with van der Waals surface area (Å²) < 4.78 is 22.1. The predicted octanol–water partition coefficient (Wildman–Crippen LogP) is 4.67. The number of para-hydroxylation sites is 1. The molecule has 1 saturated heterocycles. The van der Waals surface area contributed by atoms with E-state index < -0.39 is 23.8 Å². The lowest BCUT2D eigenvalue weighted by Gasteiger charge is -2.27. The van der Waals surface area contributed by atoms with Gasteiger partial charge in [0, 0.05) is 10.0 Å². The molecular formula is C28H23BrN2O8. The van der Waals surface area contributed by atoms with Crippen molar-refractivity contribution in [1.29, 1.82) is 0 Å². The van der Waals surface area contributed by atoms with Crippen molar-refractivity contribution in [1.82, 2.24) is 5.32 Å². The summed E-state index contributed by atoms with van der Waals surface area (Å²) in [7, 11) is 4.28. The molecule has 1 heterocycles. The lowest BCUT2D eigenvalue weighted by molar-refractivity contribution is -0.122. The first-order valence-electron chi connectivity index (χ1n) is 11.5. The van der Waals surface area contributed by atoms with E-state index in [0.717, 1.165) is 4.90 Å². The number of amides is 4. The average Bonchev–Trinajstić information content (AvgIpc) is 2.92. The second-order valence-electron chi connectivity index (χ2n) is 8.23. The summed E-state index contributed by atoms with van der Waals surface area (Å²) in [6, 6.07) is 13.5. The maximum Gasteiger partial charge on any atom is 0.343 e. The lowest BCUT2D eigenvalue weighted by Crippen LogP contribution is -2.54. The number of rotatable bonds is 7. The van der Waals surface area contributed by atoms with Crippen molar-refractivity contribution in [3.05, 3.63) is 81.3 Å². The van der Waals surface area contributed by atoms with Crippen LogP contribution in [0.4, 0.5) is 10.5 Å². The minimum atomic E-state index is -0.878. The predicted molar refractivity (Wildman–Crippen MR) is 145 cm³/mol. The number of barbiturate groups is 1. The van der Waals surface area contributed by atoms with Crippen LogP contribution in [0.3, 0.4) is 0 Å². The highest BCUT2D eigenvalue weighted by molar-refractivity contribution is 9.10. The molecule has 0 unspecified atom stereocenters. The van der Waals surface area contributed by atoms with Gasteiger partial charge < -0.3 is 18.9 Å². The fourth-order valence-electron chi connectivity index (χ4n) is 3.93. The molecule has 11 heteroatoms. The number of hydrogen-bond acceptors (Lipinski definition) is 8. The van der Waals surface area contributed by atoms with Gasteiger partial charge >= 0.3 is 12.0 Å². The van der Waals surface area contributed by atoms with E-state index >= 15 is 0 Å². The van der Waals surface area contributed by atoms with Gasteiger partial charge in [0.25, 0.3) is 11.8 Å². The molecule has 3 aromatic rings. The summed E-state index contributed by atoms with van der Waals surface area (Å²) in [6.45, 7) is 1.74. The molecular weight excluding hydrogens is 572 g/mol. The number of ether oxygens (including phenoxy) is 4. The Labute approximate surface area is 232 Å². The van der Waals surface area contributed by atoms with Crippen LogP contribution in [0, 0.1) is 6.92 Å². The molecule has 1 aliphatic heterocycles. The van der Waals surface area contributed by atoms with Crippen molar-refractivity contribution < 1.29 is 38.1 Å². The Morgan fingerprint density at radius 3 is 2.18 bits per heavy atom. The number of hydrogen-bond donors (Lipinski definition) is 1. The molecule has 1 aliphatic rings. The summed E-state index contributed by atoms with van der Waals surface area (Å²) in [5, 5.41) is 2.19. The molecule has 4 rings (SSSR count). The van der Waals surface area contributed by atoms with E-state index in [4.69, 9.17) is 18.9 Å². The van der Waals surface area contributed by atoms with Gasteiger partial charge in [-0.05, 0) is 55.0 Å². The third-order valence-electron chi connectivity index (χ3n) is 5.83. The van der Waals surface area contributed by atoms with Gasteiger partial charge in [-0.3, -0.25) is 14.9 Å². The number of nitrogens with one attached hydrogen (secondary N) is 1. The minimum absolute atomic E-state index is 0.0596. The Morgan fingerprint density at radius 2 is 1.56 bits per heavy atom. The minimum Gasteiger partial charge on any atom is -0.493 e. The zero-order chi connectivity index (χ0) is 28.3. The van der Waals surface area contributed by atoms with Crippen molar-refractivity contribution in [2.75, 3.05) is 26.2 Å². The second-order valence-corrected chi connectivity index (χ2v) is 9.15. The first-order valence-corrected chi connectivity index (χ1v) is 12.3. The topological polar surface area (TPSA) is 120 Å². The number of imide groups is 2. The molecule has 0 radical (unpaired) electrons. The molecule has 1 N–H and O–H groups in total. The number of esters is 1. The Balaban J connectivity index is 1.72. The van der Waals surface area contributed by atoms with E-state index in [-0.39, 0.29) is 33.9 Å². The van der Waals surface area contributed by atoms with Crippen LogP contribution >= 0.6 is 15.9 Å². The van der Waals surface area contributed by atoms with Crippen LogP contribution in [-0.2, 0) is 9.59 Å². The zero-order valence-electron chi connectivity index (χ0n) is 21.4. The number of methoxy groups -OCH3 is 3. The van der Waals surface area contributed by atoms with Crippen molar-refractivity contribution >= 4 is 51.5 Å². The van der Waals surface area contributed by atoms with Gasteiger partial charge in [-0.1, -0.05) is 34.1 Å². The van der Waals surface area contributed by atoms with Crippen molar-refractivity contribution in [2.24, 2.45) is 0 Å². The largest absolute Gasteiger partial charge is 0.493 e. The fraction of sp³-hybridized carbons (Fsp3) is 0.143. The van der Waals surface area contributed by atoms with Gasteiger partial charge in [-0.15, -0.1) is 0 Å². The molecule has 10 nitrogen and oxygen atoms in total. The quantitative estimate of drug-likeness (QED) is 0.181. The smallest absolute Gasteiger partial charge is 0.343 e. The molecule has 39 heavy (non-hydrogen) atoms.